The van der Waals surface area contributed by atoms with Gasteiger partial charge < -0.3 is 10.1 Å². The van der Waals surface area contributed by atoms with Crippen LogP contribution < -0.4 is 10.1 Å². The zero-order valence-corrected chi connectivity index (χ0v) is 11.5. The average molecular weight is 235 g/mol. The largest absolute Gasteiger partial charge is 0.491 e. The molecule has 0 amide bonds. The van der Waals surface area contributed by atoms with Crippen LogP contribution in [0.15, 0.2) is 24.3 Å². The van der Waals surface area contributed by atoms with Gasteiger partial charge in [-0.2, -0.15) is 0 Å². The molecule has 1 N–H and O–H groups in total. The molecule has 0 radical (unpaired) electrons. The van der Waals surface area contributed by atoms with E-state index in [0.29, 0.717) is 6.04 Å². The summed E-state index contributed by atoms with van der Waals surface area (Å²) >= 11 is 0. The molecule has 0 fully saturated rings. The summed E-state index contributed by atoms with van der Waals surface area (Å²) in [4.78, 5) is 0. The molecule has 2 heteroatoms. The molecular formula is C15H25NO. The minimum Gasteiger partial charge on any atom is -0.491 e. The van der Waals surface area contributed by atoms with Crippen LogP contribution in [0.2, 0.25) is 0 Å². The Kier molecular flexibility index (Phi) is 6.06. The van der Waals surface area contributed by atoms with Crippen molar-refractivity contribution in [1.82, 2.24) is 5.32 Å². The lowest BCUT2D eigenvalue weighted by atomic mass is 10.1. The van der Waals surface area contributed by atoms with E-state index >= 15 is 0 Å². The average Bonchev–Trinajstić information content (AvgIpc) is 2.30. The van der Waals surface area contributed by atoms with E-state index in [1.165, 1.54) is 18.4 Å². The molecule has 0 heterocycles. The highest BCUT2D eigenvalue weighted by molar-refractivity contribution is 5.28. The molecule has 0 bridgehead atoms. The van der Waals surface area contributed by atoms with Crippen LogP contribution in [0, 0.1) is 0 Å². The minimum atomic E-state index is 0.234. The van der Waals surface area contributed by atoms with Gasteiger partial charge in [-0.25, -0.2) is 0 Å². The molecule has 0 saturated heterocycles. The summed E-state index contributed by atoms with van der Waals surface area (Å²) in [6.07, 6.45) is 2.59. The lowest BCUT2D eigenvalue weighted by Crippen LogP contribution is -2.26. The fourth-order valence-electron chi connectivity index (χ4n) is 1.84. The molecule has 96 valence electrons. The van der Waals surface area contributed by atoms with E-state index in [0.717, 1.165) is 12.3 Å². The fourth-order valence-corrected chi connectivity index (χ4v) is 1.84. The van der Waals surface area contributed by atoms with E-state index in [1.54, 1.807) is 0 Å². The Hall–Kier alpha value is -1.02. The van der Waals surface area contributed by atoms with Crippen molar-refractivity contribution in [1.29, 1.82) is 0 Å². The van der Waals surface area contributed by atoms with Gasteiger partial charge in [-0.05, 0) is 44.4 Å². The van der Waals surface area contributed by atoms with Crippen LogP contribution in [0.5, 0.6) is 5.75 Å². The maximum absolute atomic E-state index is 5.69. The van der Waals surface area contributed by atoms with Crippen molar-refractivity contribution in [3.8, 4) is 5.75 Å². The molecule has 0 saturated carbocycles. The van der Waals surface area contributed by atoms with Gasteiger partial charge in [0.1, 0.15) is 5.75 Å². The van der Waals surface area contributed by atoms with Crippen molar-refractivity contribution in [2.24, 2.45) is 0 Å². The predicted molar refractivity (Wildman–Crippen MR) is 73.4 cm³/mol. The van der Waals surface area contributed by atoms with Crippen molar-refractivity contribution >= 4 is 0 Å². The molecule has 0 unspecified atom stereocenters. The van der Waals surface area contributed by atoms with Crippen LogP contribution in [-0.4, -0.2) is 12.1 Å². The summed E-state index contributed by atoms with van der Waals surface area (Å²) in [6, 6.07) is 8.95. The van der Waals surface area contributed by atoms with Crippen LogP contribution in [-0.2, 0) is 6.54 Å². The molecule has 0 aliphatic heterocycles. The van der Waals surface area contributed by atoms with Crippen molar-refractivity contribution in [2.45, 2.75) is 59.2 Å². The van der Waals surface area contributed by atoms with Crippen LogP contribution in [0.25, 0.3) is 0 Å². The van der Waals surface area contributed by atoms with Gasteiger partial charge in [0.25, 0.3) is 0 Å². The van der Waals surface area contributed by atoms with Crippen molar-refractivity contribution in [3.05, 3.63) is 29.8 Å². The highest BCUT2D eigenvalue weighted by atomic mass is 16.5. The molecule has 1 aromatic carbocycles. The number of benzene rings is 1. The minimum absolute atomic E-state index is 0.234. The lowest BCUT2D eigenvalue weighted by molar-refractivity contribution is 0.242. The Morgan fingerprint density at radius 3 is 2.47 bits per heavy atom. The number of rotatable bonds is 7. The third kappa shape index (κ3) is 5.22. The number of ether oxygens (including phenoxy) is 1. The van der Waals surface area contributed by atoms with Crippen molar-refractivity contribution in [2.75, 3.05) is 0 Å². The first kappa shape index (κ1) is 14.0. The summed E-state index contributed by atoms with van der Waals surface area (Å²) in [6.45, 7) is 9.46. The van der Waals surface area contributed by atoms with E-state index in [-0.39, 0.29) is 6.10 Å². The summed E-state index contributed by atoms with van der Waals surface area (Å²) in [5.41, 5.74) is 1.29. The van der Waals surface area contributed by atoms with Gasteiger partial charge in [0, 0.05) is 12.6 Å². The quantitative estimate of drug-likeness (QED) is 0.777. The Labute approximate surface area is 105 Å². The first-order valence-electron chi connectivity index (χ1n) is 6.64. The van der Waals surface area contributed by atoms with Crippen LogP contribution in [0.4, 0.5) is 0 Å². The Morgan fingerprint density at radius 1 is 1.18 bits per heavy atom. The van der Waals surface area contributed by atoms with Gasteiger partial charge >= 0.3 is 0 Å². The van der Waals surface area contributed by atoms with Crippen LogP contribution >= 0.6 is 0 Å². The number of hydrogen-bond donors (Lipinski definition) is 1. The van der Waals surface area contributed by atoms with E-state index in [2.05, 4.69) is 51.2 Å². The SMILES string of the molecule is CCC(CC)NCc1cccc(OC(C)C)c1. The predicted octanol–water partition coefficient (Wildman–Crippen LogP) is 3.75. The molecule has 0 spiro atoms. The Morgan fingerprint density at radius 2 is 1.88 bits per heavy atom. The van der Waals surface area contributed by atoms with Gasteiger partial charge in [-0.1, -0.05) is 26.0 Å². The second kappa shape index (κ2) is 7.33. The first-order chi connectivity index (χ1) is 8.15. The van der Waals surface area contributed by atoms with Gasteiger partial charge in [0.15, 0.2) is 0 Å². The monoisotopic (exact) mass is 235 g/mol. The third-order valence-corrected chi connectivity index (χ3v) is 2.85. The van der Waals surface area contributed by atoms with E-state index in [9.17, 15) is 0 Å². The molecule has 1 rings (SSSR count). The maximum atomic E-state index is 5.69. The second-order valence-corrected chi connectivity index (χ2v) is 4.71. The third-order valence-electron chi connectivity index (χ3n) is 2.85. The van der Waals surface area contributed by atoms with Gasteiger partial charge in [-0.3, -0.25) is 0 Å². The molecular weight excluding hydrogens is 210 g/mol. The molecule has 1 aromatic rings. The molecule has 0 aliphatic carbocycles. The van der Waals surface area contributed by atoms with E-state index < -0.39 is 0 Å². The standard InChI is InChI=1S/C15H25NO/c1-5-14(6-2)16-11-13-8-7-9-15(10-13)17-12(3)4/h7-10,12,14,16H,5-6,11H2,1-4H3. The topological polar surface area (TPSA) is 21.3 Å². The summed E-state index contributed by atoms with van der Waals surface area (Å²) in [5.74, 6) is 0.962. The van der Waals surface area contributed by atoms with Crippen molar-refractivity contribution < 1.29 is 4.74 Å². The molecule has 0 aromatic heterocycles. The zero-order chi connectivity index (χ0) is 12.7. The smallest absolute Gasteiger partial charge is 0.120 e. The number of hydrogen-bond acceptors (Lipinski definition) is 2. The van der Waals surface area contributed by atoms with Gasteiger partial charge in [0.05, 0.1) is 6.10 Å². The highest BCUT2D eigenvalue weighted by Crippen LogP contribution is 2.15. The van der Waals surface area contributed by atoms with Crippen LogP contribution in [0.1, 0.15) is 46.1 Å². The van der Waals surface area contributed by atoms with Crippen molar-refractivity contribution in [3.63, 3.8) is 0 Å². The fraction of sp³-hybridized carbons (Fsp3) is 0.600. The maximum Gasteiger partial charge on any atom is 0.120 e. The zero-order valence-electron chi connectivity index (χ0n) is 11.5. The Bertz CT molecular complexity index is 318. The molecule has 0 aliphatic rings. The van der Waals surface area contributed by atoms with Gasteiger partial charge in [0.2, 0.25) is 0 Å². The summed E-state index contributed by atoms with van der Waals surface area (Å²) < 4.78 is 5.69. The summed E-state index contributed by atoms with van der Waals surface area (Å²) in [7, 11) is 0. The second-order valence-electron chi connectivity index (χ2n) is 4.71. The number of nitrogens with one attached hydrogen (secondary N) is 1. The normalized spacial score (nSPS) is 11.2. The molecule has 0 atom stereocenters. The molecule has 2 nitrogen and oxygen atoms in total. The van der Waals surface area contributed by atoms with Crippen LogP contribution in [0.3, 0.4) is 0 Å². The van der Waals surface area contributed by atoms with E-state index in [1.807, 2.05) is 6.07 Å². The lowest BCUT2D eigenvalue weighted by Gasteiger charge is -2.15. The van der Waals surface area contributed by atoms with E-state index in [4.69, 9.17) is 4.74 Å². The first-order valence-corrected chi connectivity index (χ1v) is 6.64. The Balaban J connectivity index is 2.53. The highest BCUT2D eigenvalue weighted by Gasteiger charge is 2.03. The molecule has 17 heavy (non-hydrogen) atoms. The van der Waals surface area contributed by atoms with Gasteiger partial charge in [-0.15, -0.1) is 0 Å². The summed E-state index contributed by atoms with van der Waals surface area (Å²) in [5, 5.41) is 3.56.